The molecule has 1 aromatic carbocycles. The summed E-state index contributed by atoms with van der Waals surface area (Å²) in [7, 11) is 0. The number of hydrogen-bond donors (Lipinski definition) is 1. The van der Waals surface area contributed by atoms with E-state index in [-0.39, 0.29) is 24.5 Å². The lowest BCUT2D eigenvalue weighted by Crippen LogP contribution is -2.39. The predicted molar refractivity (Wildman–Crippen MR) is 85.4 cm³/mol. The van der Waals surface area contributed by atoms with Crippen LogP contribution in [0, 0.1) is 5.92 Å². The molecule has 0 radical (unpaired) electrons. The summed E-state index contributed by atoms with van der Waals surface area (Å²) in [5, 5.41) is 0. The minimum atomic E-state index is -0.543. The van der Waals surface area contributed by atoms with E-state index >= 15 is 0 Å². The molecule has 2 aromatic rings. The molecule has 2 heterocycles. The Morgan fingerprint density at radius 1 is 1.35 bits per heavy atom. The number of amides is 1. The molecule has 1 fully saturated rings. The average molecular weight is 316 g/mol. The minimum Gasteiger partial charge on any atom is -0.408 e. The SMILES string of the molecule is CC1CCCN(C(=O)CCC(=O)c2ccc3[nH]c(=O)oc3c2)C1. The first-order chi connectivity index (χ1) is 11.0. The van der Waals surface area contributed by atoms with Crippen LogP contribution in [0.15, 0.2) is 27.4 Å². The third kappa shape index (κ3) is 3.52. The number of likely N-dealkylation sites (tertiary alicyclic amines) is 1. The highest BCUT2D eigenvalue weighted by atomic mass is 16.4. The van der Waals surface area contributed by atoms with Gasteiger partial charge in [-0.15, -0.1) is 0 Å². The standard InChI is InChI=1S/C17H20N2O4/c1-11-3-2-8-19(10-11)16(21)7-6-14(20)12-4-5-13-15(9-12)23-17(22)18-13/h4-5,9,11H,2-3,6-8,10H2,1H3,(H,18,22). The fourth-order valence-corrected chi connectivity index (χ4v) is 3.06. The highest BCUT2D eigenvalue weighted by molar-refractivity contribution is 6.00. The van der Waals surface area contributed by atoms with Crippen molar-refractivity contribution in [1.82, 2.24) is 9.88 Å². The number of aromatic amines is 1. The van der Waals surface area contributed by atoms with Crippen LogP contribution >= 0.6 is 0 Å². The molecule has 1 saturated heterocycles. The van der Waals surface area contributed by atoms with Gasteiger partial charge in [-0.1, -0.05) is 6.92 Å². The van der Waals surface area contributed by atoms with Crippen molar-refractivity contribution in [3.63, 3.8) is 0 Å². The molecule has 1 amide bonds. The monoisotopic (exact) mass is 316 g/mol. The van der Waals surface area contributed by atoms with E-state index in [0.717, 1.165) is 25.9 Å². The third-order valence-electron chi connectivity index (χ3n) is 4.32. The zero-order chi connectivity index (χ0) is 16.4. The molecule has 1 atom stereocenters. The number of nitrogens with one attached hydrogen (secondary N) is 1. The summed E-state index contributed by atoms with van der Waals surface area (Å²) in [6, 6.07) is 4.83. The van der Waals surface area contributed by atoms with Crippen LogP contribution in [0.5, 0.6) is 0 Å². The molecule has 0 aliphatic carbocycles. The lowest BCUT2D eigenvalue weighted by atomic mass is 9.99. The van der Waals surface area contributed by atoms with Crippen LogP contribution in [0.1, 0.15) is 43.0 Å². The van der Waals surface area contributed by atoms with E-state index in [1.165, 1.54) is 0 Å². The Kier molecular flexibility index (Phi) is 4.32. The maximum Gasteiger partial charge on any atom is 0.417 e. The summed E-state index contributed by atoms with van der Waals surface area (Å²) in [5.74, 6) is -0.0883. The van der Waals surface area contributed by atoms with Crippen molar-refractivity contribution >= 4 is 22.8 Å². The molecule has 1 unspecified atom stereocenters. The van der Waals surface area contributed by atoms with Crippen molar-refractivity contribution in [2.24, 2.45) is 5.92 Å². The van der Waals surface area contributed by atoms with Crippen LogP contribution < -0.4 is 5.76 Å². The summed E-state index contributed by atoms with van der Waals surface area (Å²) in [5.41, 5.74) is 1.38. The van der Waals surface area contributed by atoms with Crippen LogP contribution in [0.3, 0.4) is 0 Å². The normalized spacial score (nSPS) is 18.3. The van der Waals surface area contributed by atoms with Gasteiger partial charge in [-0.3, -0.25) is 14.6 Å². The second kappa shape index (κ2) is 6.40. The highest BCUT2D eigenvalue weighted by Crippen LogP contribution is 2.18. The minimum absolute atomic E-state index is 0.0409. The molecular weight excluding hydrogens is 296 g/mol. The molecule has 23 heavy (non-hydrogen) atoms. The topological polar surface area (TPSA) is 83.4 Å². The van der Waals surface area contributed by atoms with E-state index in [1.54, 1.807) is 18.2 Å². The smallest absolute Gasteiger partial charge is 0.408 e. The molecule has 1 aliphatic rings. The number of piperidine rings is 1. The Hall–Kier alpha value is -2.37. The Bertz CT molecular complexity index is 789. The van der Waals surface area contributed by atoms with Crippen molar-refractivity contribution < 1.29 is 14.0 Å². The van der Waals surface area contributed by atoms with Gasteiger partial charge in [0.2, 0.25) is 5.91 Å². The molecular formula is C17H20N2O4. The van der Waals surface area contributed by atoms with E-state index in [0.29, 0.717) is 22.6 Å². The molecule has 0 saturated carbocycles. The van der Waals surface area contributed by atoms with Gasteiger partial charge in [0.1, 0.15) is 0 Å². The van der Waals surface area contributed by atoms with Gasteiger partial charge >= 0.3 is 5.76 Å². The van der Waals surface area contributed by atoms with E-state index < -0.39 is 5.76 Å². The number of benzene rings is 1. The third-order valence-corrected chi connectivity index (χ3v) is 4.32. The van der Waals surface area contributed by atoms with E-state index in [1.807, 2.05) is 4.90 Å². The van der Waals surface area contributed by atoms with Gasteiger partial charge in [0.05, 0.1) is 5.52 Å². The summed E-state index contributed by atoms with van der Waals surface area (Å²) >= 11 is 0. The summed E-state index contributed by atoms with van der Waals surface area (Å²) < 4.78 is 4.95. The van der Waals surface area contributed by atoms with Gasteiger partial charge in [0.25, 0.3) is 0 Å². The number of rotatable bonds is 4. The Morgan fingerprint density at radius 3 is 2.96 bits per heavy atom. The number of fused-ring (bicyclic) bond motifs is 1. The molecule has 1 N–H and O–H groups in total. The predicted octanol–water partition coefficient (Wildman–Crippen LogP) is 2.34. The zero-order valence-electron chi connectivity index (χ0n) is 13.1. The zero-order valence-corrected chi connectivity index (χ0v) is 13.1. The second-order valence-electron chi connectivity index (χ2n) is 6.24. The first-order valence-electron chi connectivity index (χ1n) is 7.97. The van der Waals surface area contributed by atoms with Crippen molar-refractivity contribution in [2.75, 3.05) is 13.1 Å². The Balaban J connectivity index is 1.61. The highest BCUT2D eigenvalue weighted by Gasteiger charge is 2.21. The van der Waals surface area contributed by atoms with Crippen LogP contribution in [0.25, 0.3) is 11.1 Å². The molecule has 0 bridgehead atoms. The van der Waals surface area contributed by atoms with Crippen molar-refractivity contribution in [3.8, 4) is 0 Å². The lowest BCUT2D eigenvalue weighted by molar-refractivity contribution is -0.132. The van der Waals surface area contributed by atoms with Gasteiger partial charge in [-0.05, 0) is 37.0 Å². The molecule has 6 heteroatoms. The second-order valence-corrected chi connectivity index (χ2v) is 6.24. The van der Waals surface area contributed by atoms with E-state index in [9.17, 15) is 14.4 Å². The van der Waals surface area contributed by atoms with Crippen molar-refractivity contribution in [3.05, 3.63) is 34.3 Å². The fourth-order valence-electron chi connectivity index (χ4n) is 3.06. The lowest BCUT2D eigenvalue weighted by Gasteiger charge is -2.31. The first kappa shape index (κ1) is 15.5. The van der Waals surface area contributed by atoms with E-state index in [4.69, 9.17) is 4.42 Å². The molecule has 1 aliphatic heterocycles. The molecule has 3 rings (SSSR count). The van der Waals surface area contributed by atoms with E-state index in [2.05, 4.69) is 11.9 Å². The van der Waals surface area contributed by atoms with Gasteiger partial charge in [-0.25, -0.2) is 4.79 Å². The average Bonchev–Trinajstić information content (AvgIpc) is 2.91. The van der Waals surface area contributed by atoms with Crippen LogP contribution in [-0.4, -0.2) is 34.7 Å². The number of aromatic nitrogens is 1. The quantitative estimate of drug-likeness (QED) is 0.878. The number of carbonyl (C=O) groups is 2. The summed E-state index contributed by atoms with van der Waals surface area (Å²) in [6.07, 6.45) is 2.58. The van der Waals surface area contributed by atoms with Crippen LogP contribution in [0.2, 0.25) is 0 Å². The summed E-state index contributed by atoms with van der Waals surface area (Å²) in [4.78, 5) is 40.0. The summed E-state index contributed by atoms with van der Waals surface area (Å²) in [6.45, 7) is 3.72. The molecule has 1 aromatic heterocycles. The molecule has 6 nitrogen and oxygen atoms in total. The van der Waals surface area contributed by atoms with Gasteiger partial charge in [-0.2, -0.15) is 0 Å². The van der Waals surface area contributed by atoms with Gasteiger partial charge in [0, 0.05) is 31.5 Å². The number of oxazole rings is 1. The Labute approximate surface area is 133 Å². The number of H-pyrrole nitrogens is 1. The van der Waals surface area contributed by atoms with Crippen LogP contribution in [0.4, 0.5) is 0 Å². The maximum atomic E-state index is 12.2. The Morgan fingerprint density at radius 2 is 2.17 bits per heavy atom. The number of ketones is 1. The van der Waals surface area contributed by atoms with Crippen molar-refractivity contribution in [2.45, 2.75) is 32.6 Å². The number of Topliss-reactive ketones (excluding diaryl/α,β-unsaturated/α-hetero) is 1. The largest absolute Gasteiger partial charge is 0.417 e. The fraction of sp³-hybridized carbons (Fsp3) is 0.471. The molecule has 0 spiro atoms. The van der Waals surface area contributed by atoms with Gasteiger partial charge < -0.3 is 9.32 Å². The van der Waals surface area contributed by atoms with Crippen molar-refractivity contribution in [1.29, 1.82) is 0 Å². The van der Waals surface area contributed by atoms with Crippen LogP contribution in [-0.2, 0) is 4.79 Å². The number of carbonyl (C=O) groups excluding carboxylic acids is 2. The maximum absolute atomic E-state index is 12.2. The number of nitrogens with zero attached hydrogens (tertiary/aromatic N) is 1. The van der Waals surface area contributed by atoms with Gasteiger partial charge in [0.15, 0.2) is 11.4 Å². The number of hydrogen-bond acceptors (Lipinski definition) is 4. The molecule has 122 valence electrons. The first-order valence-corrected chi connectivity index (χ1v) is 7.97.